The molecule has 1 heterocycles. The fourth-order valence-corrected chi connectivity index (χ4v) is 7.97. The molecule has 3 aromatic carbocycles. The summed E-state index contributed by atoms with van der Waals surface area (Å²) in [6, 6.07) is 12.3. The molecule has 0 aromatic heterocycles. The molecule has 1 aliphatic rings. The van der Waals surface area contributed by atoms with Crippen molar-refractivity contribution in [2.24, 2.45) is 5.92 Å². The van der Waals surface area contributed by atoms with Crippen molar-refractivity contribution in [3.63, 3.8) is 0 Å². The van der Waals surface area contributed by atoms with Crippen molar-refractivity contribution in [1.82, 2.24) is 4.31 Å². The summed E-state index contributed by atoms with van der Waals surface area (Å²) < 4.78 is 94.3. The number of hydrogen-bond acceptors (Lipinski definition) is 5. The SMILES string of the molecule is O=C(Nc1ccc(S(=O)(=O)Nc2ccc(Cl)c(C(F)(F)F)c2)cc1)[C@H]1CCCN(S(=O)(=O)Cc2c(Cl)cccc2Cl)C1. The first-order chi connectivity index (χ1) is 19.6. The Morgan fingerprint density at radius 1 is 0.905 bits per heavy atom. The number of halogens is 6. The van der Waals surface area contributed by atoms with Gasteiger partial charge < -0.3 is 5.32 Å². The van der Waals surface area contributed by atoms with E-state index >= 15 is 0 Å². The van der Waals surface area contributed by atoms with Gasteiger partial charge in [-0.3, -0.25) is 9.52 Å². The number of benzene rings is 3. The number of alkyl halides is 3. The summed E-state index contributed by atoms with van der Waals surface area (Å²) in [5, 5.41) is 2.52. The predicted octanol–water partition coefficient (Wildman–Crippen LogP) is 6.65. The zero-order chi connectivity index (χ0) is 30.9. The molecule has 42 heavy (non-hydrogen) atoms. The number of amides is 1. The van der Waals surface area contributed by atoms with Crippen LogP contribution in [-0.4, -0.2) is 40.1 Å². The van der Waals surface area contributed by atoms with Crippen LogP contribution in [0, 0.1) is 5.92 Å². The highest BCUT2D eigenvalue weighted by Crippen LogP contribution is 2.36. The van der Waals surface area contributed by atoms with Crippen molar-refractivity contribution in [3.05, 3.63) is 86.9 Å². The van der Waals surface area contributed by atoms with Gasteiger partial charge in [-0.15, -0.1) is 0 Å². The molecule has 1 atom stereocenters. The number of carbonyl (C=O) groups excluding carboxylic acids is 1. The van der Waals surface area contributed by atoms with Gasteiger partial charge in [0.15, 0.2) is 0 Å². The van der Waals surface area contributed by atoms with Crippen LogP contribution >= 0.6 is 34.8 Å². The molecule has 0 radical (unpaired) electrons. The summed E-state index contributed by atoms with van der Waals surface area (Å²) in [4.78, 5) is 12.7. The van der Waals surface area contributed by atoms with Gasteiger partial charge in [-0.25, -0.2) is 21.1 Å². The van der Waals surface area contributed by atoms with E-state index in [1.807, 2.05) is 0 Å². The summed E-state index contributed by atoms with van der Waals surface area (Å²) in [6.07, 6.45) is -3.90. The minimum Gasteiger partial charge on any atom is -0.326 e. The molecule has 1 amide bonds. The number of nitrogens with one attached hydrogen (secondary N) is 2. The molecule has 0 unspecified atom stereocenters. The van der Waals surface area contributed by atoms with Crippen LogP contribution < -0.4 is 10.0 Å². The monoisotopic (exact) mass is 683 g/mol. The number of rotatable bonds is 8. The predicted molar refractivity (Wildman–Crippen MR) is 156 cm³/mol. The first-order valence-electron chi connectivity index (χ1n) is 12.3. The molecule has 2 N–H and O–H groups in total. The first-order valence-corrected chi connectivity index (χ1v) is 16.5. The fourth-order valence-electron chi connectivity index (χ4n) is 4.33. The third-order valence-electron chi connectivity index (χ3n) is 6.49. The molecule has 8 nitrogen and oxygen atoms in total. The maximum Gasteiger partial charge on any atom is 0.417 e. The van der Waals surface area contributed by atoms with Crippen molar-refractivity contribution in [1.29, 1.82) is 0 Å². The van der Waals surface area contributed by atoms with Gasteiger partial charge in [0.1, 0.15) is 0 Å². The Morgan fingerprint density at radius 3 is 2.14 bits per heavy atom. The van der Waals surface area contributed by atoms with E-state index in [4.69, 9.17) is 34.8 Å². The average Bonchev–Trinajstić information content (AvgIpc) is 2.91. The van der Waals surface area contributed by atoms with Gasteiger partial charge in [-0.2, -0.15) is 13.2 Å². The Hall–Kier alpha value is -2.55. The summed E-state index contributed by atoms with van der Waals surface area (Å²) in [5.74, 6) is -1.55. The normalized spacial score (nSPS) is 16.7. The van der Waals surface area contributed by atoms with Crippen LogP contribution in [0.15, 0.2) is 65.6 Å². The summed E-state index contributed by atoms with van der Waals surface area (Å²) in [6.45, 7) is 0.166. The molecule has 4 rings (SSSR count). The van der Waals surface area contributed by atoms with E-state index < -0.39 is 54.4 Å². The maximum absolute atomic E-state index is 13.1. The minimum absolute atomic E-state index is 0.0619. The second kappa shape index (κ2) is 12.6. The molecule has 0 bridgehead atoms. The van der Waals surface area contributed by atoms with Crippen molar-refractivity contribution in [2.75, 3.05) is 23.1 Å². The molecule has 0 spiro atoms. The van der Waals surface area contributed by atoms with Crippen molar-refractivity contribution >= 4 is 72.1 Å². The van der Waals surface area contributed by atoms with Gasteiger partial charge in [0, 0.05) is 40.1 Å². The highest BCUT2D eigenvalue weighted by molar-refractivity contribution is 7.92. The zero-order valence-electron chi connectivity index (χ0n) is 21.5. The van der Waals surface area contributed by atoms with Crippen molar-refractivity contribution < 1.29 is 34.8 Å². The van der Waals surface area contributed by atoms with Gasteiger partial charge in [-0.05, 0) is 67.4 Å². The highest BCUT2D eigenvalue weighted by atomic mass is 35.5. The molecule has 16 heteroatoms. The van der Waals surface area contributed by atoms with Crippen LogP contribution in [0.25, 0.3) is 0 Å². The molecule has 1 saturated heterocycles. The molecular formula is C26H23Cl3F3N3O5S2. The lowest BCUT2D eigenvalue weighted by Gasteiger charge is -2.31. The van der Waals surface area contributed by atoms with Gasteiger partial charge in [0.25, 0.3) is 10.0 Å². The van der Waals surface area contributed by atoms with Crippen LogP contribution in [-0.2, 0) is 36.8 Å². The van der Waals surface area contributed by atoms with Crippen LogP contribution in [0.2, 0.25) is 15.1 Å². The number of hydrogen-bond donors (Lipinski definition) is 2. The second-order valence-electron chi connectivity index (χ2n) is 9.47. The van der Waals surface area contributed by atoms with Gasteiger partial charge in [0.2, 0.25) is 15.9 Å². The molecule has 3 aromatic rings. The number of sulfonamides is 2. The third-order valence-corrected chi connectivity index (χ3v) is 10.7. The van der Waals surface area contributed by atoms with Crippen LogP contribution in [0.1, 0.15) is 24.0 Å². The van der Waals surface area contributed by atoms with Crippen molar-refractivity contribution in [2.45, 2.75) is 29.7 Å². The van der Waals surface area contributed by atoms with E-state index in [1.165, 1.54) is 28.6 Å². The van der Waals surface area contributed by atoms with Gasteiger partial charge in [0.05, 0.1) is 27.2 Å². The number of anilines is 2. The fraction of sp³-hybridized carbons (Fsp3) is 0.269. The molecule has 1 aliphatic heterocycles. The lowest BCUT2D eigenvalue weighted by Crippen LogP contribution is -2.44. The lowest BCUT2D eigenvalue weighted by atomic mass is 9.99. The van der Waals surface area contributed by atoms with E-state index in [2.05, 4.69) is 10.0 Å². The Morgan fingerprint density at radius 2 is 1.52 bits per heavy atom. The number of piperidine rings is 1. The Bertz CT molecular complexity index is 1680. The van der Waals surface area contributed by atoms with Crippen LogP contribution in [0.3, 0.4) is 0 Å². The topological polar surface area (TPSA) is 113 Å². The van der Waals surface area contributed by atoms with Crippen LogP contribution in [0.5, 0.6) is 0 Å². The van der Waals surface area contributed by atoms with E-state index in [0.717, 1.165) is 12.1 Å². The summed E-state index contributed by atoms with van der Waals surface area (Å²) in [5.41, 5.74) is -1.01. The van der Waals surface area contributed by atoms with E-state index in [-0.39, 0.29) is 45.0 Å². The van der Waals surface area contributed by atoms with Gasteiger partial charge >= 0.3 is 6.18 Å². The minimum atomic E-state index is -4.78. The zero-order valence-corrected chi connectivity index (χ0v) is 25.4. The first kappa shape index (κ1) is 32.4. The quantitative estimate of drug-likeness (QED) is 0.276. The summed E-state index contributed by atoms with van der Waals surface area (Å²) in [7, 11) is -8.12. The Labute approximate surface area is 255 Å². The van der Waals surface area contributed by atoms with E-state index in [0.29, 0.717) is 18.9 Å². The van der Waals surface area contributed by atoms with Crippen LogP contribution in [0.4, 0.5) is 24.5 Å². The largest absolute Gasteiger partial charge is 0.417 e. The standard InChI is InChI=1S/C26H23Cl3F3N3O5S2/c27-22-4-1-5-23(28)20(22)15-41(37,38)35-12-2-3-16(14-35)25(36)33-17-6-9-19(10-7-17)42(39,40)34-18-8-11-24(29)21(13-18)26(30,31)32/h1,4-11,13,16,34H,2-3,12,14-15H2,(H,33,36)/t16-/m0/s1. The average molecular weight is 685 g/mol. The molecule has 226 valence electrons. The third kappa shape index (κ3) is 7.69. The second-order valence-corrected chi connectivity index (χ2v) is 14.3. The maximum atomic E-state index is 13.1. The Balaban J connectivity index is 1.41. The summed E-state index contributed by atoms with van der Waals surface area (Å²) >= 11 is 17.9. The molecule has 0 saturated carbocycles. The number of carbonyl (C=O) groups is 1. The Kier molecular flexibility index (Phi) is 9.70. The smallest absolute Gasteiger partial charge is 0.326 e. The molecule has 0 aliphatic carbocycles. The molecular weight excluding hydrogens is 662 g/mol. The van der Waals surface area contributed by atoms with Crippen molar-refractivity contribution in [3.8, 4) is 0 Å². The van der Waals surface area contributed by atoms with E-state index in [9.17, 15) is 34.8 Å². The highest BCUT2D eigenvalue weighted by Gasteiger charge is 2.34. The van der Waals surface area contributed by atoms with E-state index in [1.54, 1.807) is 18.2 Å². The van der Waals surface area contributed by atoms with Gasteiger partial charge in [-0.1, -0.05) is 40.9 Å². The lowest BCUT2D eigenvalue weighted by molar-refractivity contribution is -0.137. The number of nitrogens with zero attached hydrogens (tertiary/aromatic N) is 1. The molecule has 1 fully saturated rings.